The molecule has 0 aliphatic rings. The largest absolute Gasteiger partial charge is 0.493 e. The average molecular weight is 304 g/mol. The first kappa shape index (κ1) is 16.4. The zero-order valence-electron chi connectivity index (χ0n) is 13.3. The van der Waals surface area contributed by atoms with Gasteiger partial charge in [0, 0.05) is 17.1 Å². The second-order valence-corrected chi connectivity index (χ2v) is 5.43. The van der Waals surface area contributed by atoms with Crippen LogP contribution in [0.25, 0.3) is 10.9 Å². The molecule has 1 amide bonds. The van der Waals surface area contributed by atoms with Crippen LogP contribution in [0.5, 0.6) is 5.75 Å². The quantitative estimate of drug-likeness (QED) is 0.735. The highest BCUT2D eigenvalue weighted by Gasteiger charge is 2.17. The van der Waals surface area contributed by atoms with Crippen molar-refractivity contribution in [2.45, 2.75) is 45.8 Å². The molecule has 0 aliphatic carbocycles. The van der Waals surface area contributed by atoms with Gasteiger partial charge in [0.2, 0.25) is 5.91 Å². The lowest BCUT2D eigenvalue weighted by Gasteiger charge is -2.19. The molecule has 1 aromatic carbocycles. The Kier molecular flexibility index (Phi) is 5.44. The number of carbonyl (C=O) groups is 1. The molecule has 120 valence electrons. The smallest absolute Gasteiger partial charge is 0.224 e. The maximum absolute atomic E-state index is 12.2. The van der Waals surface area contributed by atoms with E-state index < -0.39 is 6.10 Å². The monoisotopic (exact) mass is 304 g/mol. The molecule has 2 rings (SSSR count). The van der Waals surface area contributed by atoms with Crippen molar-refractivity contribution in [1.29, 1.82) is 0 Å². The maximum atomic E-state index is 12.2. The van der Waals surface area contributed by atoms with Crippen LogP contribution >= 0.6 is 0 Å². The van der Waals surface area contributed by atoms with Crippen LogP contribution in [0.3, 0.4) is 0 Å². The summed E-state index contributed by atoms with van der Waals surface area (Å²) in [6.07, 6.45) is 2.24. The third kappa shape index (κ3) is 3.60. The van der Waals surface area contributed by atoms with E-state index in [-0.39, 0.29) is 18.4 Å². The molecule has 5 nitrogen and oxygen atoms in total. The number of hydrogen-bond acceptors (Lipinski definition) is 3. The van der Waals surface area contributed by atoms with Crippen LogP contribution in [0.4, 0.5) is 0 Å². The number of ether oxygens (including phenoxy) is 1. The number of nitrogens with one attached hydrogen (secondary N) is 2. The summed E-state index contributed by atoms with van der Waals surface area (Å²) >= 11 is 0. The fourth-order valence-corrected chi connectivity index (χ4v) is 2.63. The Balaban J connectivity index is 2.19. The molecule has 1 heterocycles. The lowest BCUT2D eigenvalue weighted by Crippen LogP contribution is -2.42. The van der Waals surface area contributed by atoms with Gasteiger partial charge in [-0.05, 0) is 38.0 Å². The summed E-state index contributed by atoms with van der Waals surface area (Å²) in [7, 11) is 0. The maximum Gasteiger partial charge on any atom is 0.224 e. The van der Waals surface area contributed by atoms with Crippen molar-refractivity contribution < 1.29 is 14.6 Å². The molecule has 0 radical (unpaired) electrons. The molecule has 2 atom stereocenters. The minimum absolute atomic E-state index is 0.0973. The SMILES string of the molecule is CCOc1cccc2[nH]cc(CC(=O)NC(CC)C(C)O)c12. The Morgan fingerprint density at radius 3 is 2.82 bits per heavy atom. The highest BCUT2D eigenvalue weighted by molar-refractivity contribution is 5.93. The Bertz CT molecular complexity index is 634. The summed E-state index contributed by atoms with van der Waals surface area (Å²) in [5, 5.41) is 13.5. The summed E-state index contributed by atoms with van der Waals surface area (Å²) in [6, 6.07) is 5.58. The second kappa shape index (κ2) is 7.31. The van der Waals surface area contributed by atoms with E-state index in [1.807, 2.05) is 38.2 Å². The van der Waals surface area contributed by atoms with Crippen LogP contribution in [-0.2, 0) is 11.2 Å². The van der Waals surface area contributed by atoms with Gasteiger partial charge in [-0.3, -0.25) is 4.79 Å². The summed E-state index contributed by atoms with van der Waals surface area (Å²) in [4.78, 5) is 15.4. The van der Waals surface area contributed by atoms with Crippen molar-refractivity contribution in [2.75, 3.05) is 6.61 Å². The van der Waals surface area contributed by atoms with Gasteiger partial charge in [-0.15, -0.1) is 0 Å². The molecule has 0 spiro atoms. The molecule has 2 aromatic rings. The van der Waals surface area contributed by atoms with Gasteiger partial charge in [0.15, 0.2) is 0 Å². The molecule has 3 N–H and O–H groups in total. The number of carbonyl (C=O) groups excluding carboxylic acids is 1. The van der Waals surface area contributed by atoms with Crippen LogP contribution in [-0.4, -0.2) is 34.8 Å². The first-order chi connectivity index (χ1) is 10.6. The third-order valence-corrected chi connectivity index (χ3v) is 3.77. The van der Waals surface area contributed by atoms with E-state index in [1.165, 1.54) is 0 Å². The zero-order valence-corrected chi connectivity index (χ0v) is 13.3. The molecule has 5 heteroatoms. The van der Waals surface area contributed by atoms with Crippen LogP contribution in [0.1, 0.15) is 32.8 Å². The first-order valence-electron chi connectivity index (χ1n) is 7.76. The highest BCUT2D eigenvalue weighted by atomic mass is 16.5. The van der Waals surface area contributed by atoms with Gasteiger partial charge in [-0.25, -0.2) is 0 Å². The third-order valence-electron chi connectivity index (χ3n) is 3.77. The Morgan fingerprint density at radius 1 is 1.41 bits per heavy atom. The molecule has 22 heavy (non-hydrogen) atoms. The van der Waals surface area contributed by atoms with Crippen molar-refractivity contribution in [3.63, 3.8) is 0 Å². The summed E-state index contributed by atoms with van der Waals surface area (Å²) in [5.74, 6) is 0.687. The van der Waals surface area contributed by atoms with Gasteiger partial charge in [-0.1, -0.05) is 13.0 Å². The molecular weight excluding hydrogens is 280 g/mol. The van der Waals surface area contributed by atoms with Crippen LogP contribution in [0.15, 0.2) is 24.4 Å². The summed E-state index contributed by atoms with van der Waals surface area (Å²) in [5.41, 5.74) is 1.85. The fourth-order valence-electron chi connectivity index (χ4n) is 2.63. The van der Waals surface area contributed by atoms with Crippen LogP contribution in [0, 0.1) is 0 Å². The van der Waals surface area contributed by atoms with Gasteiger partial charge in [-0.2, -0.15) is 0 Å². The highest BCUT2D eigenvalue weighted by Crippen LogP contribution is 2.29. The normalized spacial score (nSPS) is 13.8. The minimum Gasteiger partial charge on any atom is -0.493 e. The number of aromatic amines is 1. The van der Waals surface area contributed by atoms with Gasteiger partial charge in [0.1, 0.15) is 5.75 Å². The number of H-pyrrole nitrogens is 1. The molecule has 0 saturated heterocycles. The van der Waals surface area contributed by atoms with Crippen molar-refractivity contribution in [2.24, 2.45) is 0 Å². The molecule has 0 saturated carbocycles. The first-order valence-corrected chi connectivity index (χ1v) is 7.76. The van der Waals surface area contributed by atoms with Crippen molar-refractivity contribution in [3.8, 4) is 5.75 Å². The topological polar surface area (TPSA) is 74.4 Å². The van der Waals surface area contributed by atoms with Crippen molar-refractivity contribution in [1.82, 2.24) is 10.3 Å². The molecule has 0 fully saturated rings. The lowest BCUT2D eigenvalue weighted by molar-refractivity contribution is -0.121. The van der Waals surface area contributed by atoms with Crippen LogP contribution < -0.4 is 10.1 Å². The Morgan fingerprint density at radius 2 is 2.18 bits per heavy atom. The number of benzene rings is 1. The van der Waals surface area contributed by atoms with E-state index in [0.717, 1.165) is 22.2 Å². The minimum atomic E-state index is -0.559. The number of hydrogen-bond donors (Lipinski definition) is 3. The van der Waals surface area contributed by atoms with E-state index in [2.05, 4.69) is 10.3 Å². The number of aliphatic hydroxyl groups excluding tert-OH is 1. The van der Waals surface area contributed by atoms with E-state index >= 15 is 0 Å². The summed E-state index contributed by atoms with van der Waals surface area (Å²) < 4.78 is 5.65. The van der Waals surface area contributed by atoms with E-state index in [9.17, 15) is 9.90 Å². The molecule has 0 bridgehead atoms. The second-order valence-electron chi connectivity index (χ2n) is 5.43. The zero-order chi connectivity index (χ0) is 16.1. The Labute approximate surface area is 130 Å². The Hall–Kier alpha value is -2.01. The number of fused-ring (bicyclic) bond motifs is 1. The van der Waals surface area contributed by atoms with Gasteiger partial charge in [0.25, 0.3) is 0 Å². The van der Waals surface area contributed by atoms with Gasteiger partial charge >= 0.3 is 0 Å². The van der Waals surface area contributed by atoms with Crippen molar-refractivity contribution >= 4 is 16.8 Å². The molecule has 1 aromatic heterocycles. The van der Waals surface area contributed by atoms with Gasteiger partial charge in [0.05, 0.1) is 25.2 Å². The van der Waals surface area contributed by atoms with Gasteiger partial charge < -0.3 is 20.1 Å². The number of rotatable bonds is 7. The summed E-state index contributed by atoms with van der Waals surface area (Å²) in [6.45, 7) is 6.14. The van der Waals surface area contributed by atoms with Crippen molar-refractivity contribution in [3.05, 3.63) is 30.0 Å². The molecule has 0 aliphatic heterocycles. The van der Waals surface area contributed by atoms with E-state index in [1.54, 1.807) is 6.92 Å². The fraction of sp³-hybridized carbons (Fsp3) is 0.471. The molecular formula is C17H24N2O3. The molecule has 2 unspecified atom stereocenters. The predicted molar refractivity (Wildman–Crippen MR) is 87.1 cm³/mol. The number of aliphatic hydroxyl groups is 1. The predicted octanol–water partition coefficient (Wildman–Crippen LogP) is 2.38. The van der Waals surface area contributed by atoms with Crippen LogP contribution in [0.2, 0.25) is 0 Å². The lowest BCUT2D eigenvalue weighted by atomic mass is 10.1. The average Bonchev–Trinajstić information content (AvgIpc) is 2.89. The van der Waals surface area contributed by atoms with E-state index in [4.69, 9.17) is 4.74 Å². The number of amides is 1. The standard InChI is InChI=1S/C17H24N2O3/c1-4-13(11(3)20)19-16(21)9-12-10-18-14-7-6-8-15(17(12)14)22-5-2/h6-8,10-11,13,18,20H,4-5,9H2,1-3H3,(H,19,21). The van der Waals surface area contributed by atoms with E-state index in [0.29, 0.717) is 13.0 Å². The number of aromatic nitrogens is 1.